The molecule has 6 nitrogen and oxygen atoms in total. The highest BCUT2D eigenvalue weighted by atomic mass is 16.5. The lowest BCUT2D eigenvalue weighted by Gasteiger charge is -2.48. The third-order valence-corrected chi connectivity index (χ3v) is 8.64. The molecule has 1 N–H and O–H groups in total. The van der Waals surface area contributed by atoms with Gasteiger partial charge in [-0.3, -0.25) is 4.90 Å². The maximum absolute atomic E-state index is 5.68. The molecule has 2 aromatic carbocycles. The summed E-state index contributed by atoms with van der Waals surface area (Å²) >= 11 is 0. The quantitative estimate of drug-likeness (QED) is 0.495. The lowest BCUT2D eigenvalue weighted by Crippen LogP contribution is -2.46. The van der Waals surface area contributed by atoms with Crippen molar-refractivity contribution in [1.29, 1.82) is 0 Å². The standard InChI is InChI=1S/C29H40N2O4.C2H6/c1-6-18-17-31-10-8-20-14-27(33-3)29(35-5)16-23(20)25(31)12-21(18)11-24-22-15-28(34-4)26(32-2)13-19(22)7-9-30-24;1-2/h13-16,18,21,24-25,30H,6-12,17H2,1-5H3;1-2H3/t18-,21?,24?,25?;/m0./s1. The molecule has 37 heavy (non-hydrogen) atoms. The van der Waals surface area contributed by atoms with E-state index in [1.807, 2.05) is 13.8 Å². The van der Waals surface area contributed by atoms with Crippen LogP contribution in [0.1, 0.15) is 74.4 Å². The fourth-order valence-corrected chi connectivity index (χ4v) is 6.74. The Morgan fingerprint density at radius 3 is 1.95 bits per heavy atom. The number of hydrogen-bond acceptors (Lipinski definition) is 6. The number of hydrogen-bond donors (Lipinski definition) is 1. The molecule has 3 unspecified atom stereocenters. The molecule has 5 rings (SSSR count). The molecule has 0 aliphatic carbocycles. The van der Waals surface area contributed by atoms with Gasteiger partial charge in [-0.05, 0) is 90.6 Å². The lowest BCUT2D eigenvalue weighted by atomic mass is 9.72. The summed E-state index contributed by atoms with van der Waals surface area (Å²) in [5.41, 5.74) is 5.60. The number of nitrogens with one attached hydrogen (secondary N) is 1. The van der Waals surface area contributed by atoms with E-state index in [0.717, 1.165) is 55.4 Å². The van der Waals surface area contributed by atoms with Crippen LogP contribution in [0, 0.1) is 11.8 Å². The van der Waals surface area contributed by atoms with Crippen molar-refractivity contribution in [2.45, 2.75) is 65.0 Å². The Hall–Kier alpha value is -2.44. The Morgan fingerprint density at radius 1 is 0.784 bits per heavy atom. The molecular weight excluding hydrogens is 464 g/mol. The Bertz CT molecular complexity index is 1050. The van der Waals surface area contributed by atoms with Crippen molar-refractivity contribution in [3.8, 4) is 23.0 Å². The van der Waals surface area contributed by atoms with Crippen molar-refractivity contribution in [2.75, 3.05) is 48.1 Å². The smallest absolute Gasteiger partial charge is 0.161 e. The molecule has 0 radical (unpaired) electrons. The first-order valence-corrected chi connectivity index (χ1v) is 14.1. The van der Waals surface area contributed by atoms with E-state index in [1.54, 1.807) is 28.4 Å². The van der Waals surface area contributed by atoms with Crippen LogP contribution in [0.25, 0.3) is 0 Å². The number of rotatable bonds is 7. The molecule has 2 aromatic rings. The van der Waals surface area contributed by atoms with Gasteiger partial charge in [-0.1, -0.05) is 27.2 Å². The van der Waals surface area contributed by atoms with Gasteiger partial charge in [0, 0.05) is 25.2 Å². The maximum Gasteiger partial charge on any atom is 0.161 e. The van der Waals surface area contributed by atoms with E-state index in [-0.39, 0.29) is 0 Å². The summed E-state index contributed by atoms with van der Waals surface area (Å²) in [5, 5.41) is 3.83. The minimum atomic E-state index is 0.345. The molecule has 0 spiro atoms. The van der Waals surface area contributed by atoms with Gasteiger partial charge in [0.25, 0.3) is 0 Å². The van der Waals surface area contributed by atoms with E-state index >= 15 is 0 Å². The zero-order chi connectivity index (χ0) is 26.5. The van der Waals surface area contributed by atoms with Crippen LogP contribution in [0.5, 0.6) is 23.0 Å². The van der Waals surface area contributed by atoms with Crippen molar-refractivity contribution in [3.05, 3.63) is 46.5 Å². The van der Waals surface area contributed by atoms with Gasteiger partial charge >= 0.3 is 0 Å². The average molecular weight is 511 g/mol. The monoisotopic (exact) mass is 510 g/mol. The first kappa shape index (κ1) is 27.6. The fourth-order valence-electron chi connectivity index (χ4n) is 6.74. The lowest BCUT2D eigenvalue weighted by molar-refractivity contribution is 0.0434. The highest BCUT2D eigenvalue weighted by Gasteiger charge is 2.40. The highest BCUT2D eigenvalue weighted by molar-refractivity contribution is 5.50. The number of nitrogens with zero attached hydrogens (tertiary/aromatic N) is 1. The molecule has 0 aromatic heterocycles. The van der Waals surface area contributed by atoms with Crippen LogP contribution in [0.3, 0.4) is 0 Å². The van der Waals surface area contributed by atoms with Crippen LogP contribution >= 0.6 is 0 Å². The van der Waals surface area contributed by atoms with Gasteiger partial charge in [0.05, 0.1) is 28.4 Å². The van der Waals surface area contributed by atoms with E-state index in [9.17, 15) is 0 Å². The molecule has 0 bridgehead atoms. The zero-order valence-electron chi connectivity index (χ0n) is 23.9. The summed E-state index contributed by atoms with van der Waals surface area (Å²) in [4.78, 5) is 2.72. The van der Waals surface area contributed by atoms with Gasteiger partial charge in [-0.25, -0.2) is 0 Å². The minimum absolute atomic E-state index is 0.345. The normalized spacial score (nSPS) is 24.5. The molecule has 1 fully saturated rings. The third kappa shape index (κ3) is 5.42. The second-order valence-electron chi connectivity index (χ2n) is 10.2. The van der Waals surface area contributed by atoms with Crippen molar-refractivity contribution in [3.63, 3.8) is 0 Å². The van der Waals surface area contributed by atoms with Crippen molar-refractivity contribution >= 4 is 0 Å². The molecule has 204 valence electrons. The molecule has 3 aliphatic rings. The van der Waals surface area contributed by atoms with Gasteiger partial charge in [-0.2, -0.15) is 0 Å². The van der Waals surface area contributed by atoms with Gasteiger partial charge in [-0.15, -0.1) is 0 Å². The average Bonchev–Trinajstić information content (AvgIpc) is 2.96. The van der Waals surface area contributed by atoms with Gasteiger partial charge < -0.3 is 24.3 Å². The SMILES string of the molecule is CC.CC[C@H]1CN2CCc3cc(OC)c(OC)cc3C2CC1CC1NCCc2cc(OC)c(OC)cc21. The summed E-state index contributed by atoms with van der Waals surface area (Å²) in [7, 11) is 6.90. The molecular formula is C31H46N2O4. The van der Waals surface area contributed by atoms with Crippen LogP contribution in [0.2, 0.25) is 0 Å². The number of fused-ring (bicyclic) bond motifs is 4. The van der Waals surface area contributed by atoms with Crippen molar-refractivity contribution in [2.24, 2.45) is 11.8 Å². The number of methoxy groups -OCH3 is 4. The van der Waals surface area contributed by atoms with Crippen molar-refractivity contribution in [1.82, 2.24) is 10.2 Å². The Labute approximate surface area is 223 Å². The summed E-state index contributed by atoms with van der Waals surface area (Å²) < 4.78 is 22.5. The van der Waals surface area contributed by atoms with Gasteiger partial charge in [0.1, 0.15) is 0 Å². The highest BCUT2D eigenvalue weighted by Crippen LogP contribution is 2.48. The van der Waals surface area contributed by atoms with E-state index in [0.29, 0.717) is 23.9 Å². The molecule has 3 heterocycles. The van der Waals surface area contributed by atoms with Gasteiger partial charge in [0.15, 0.2) is 23.0 Å². The van der Waals surface area contributed by atoms with Crippen molar-refractivity contribution < 1.29 is 18.9 Å². The van der Waals surface area contributed by atoms with E-state index in [1.165, 1.54) is 41.6 Å². The molecule has 6 heteroatoms. The number of ether oxygens (including phenoxy) is 4. The van der Waals surface area contributed by atoms with Crippen LogP contribution in [0.4, 0.5) is 0 Å². The van der Waals surface area contributed by atoms with Crippen LogP contribution < -0.4 is 24.3 Å². The van der Waals surface area contributed by atoms with E-state index < -0.39 is 0 Å². The van der Waals surface area contributed by atoms with E-state index in [2.05, 4.69) is 41.4 Å². The molecule has 3 aliphatic heterocycles. The minimum Gasteiger partial charge on any atom is -0.493 e. The van der Waals surface area contributed by atoms with Crippen LogP contribution in [0.15, 0.2) is 24.3 Å². The Balaban J connectivity index is 0.00000156. The summed E-state index contributed by atoms with van der Waals surface area (Å²) in [6.45, 7) is 9.66. The third-order valence-electron chi connectivity index (χ3n) is 8.64. The first-order valence-electron chi connectivity index (χ1n) is 14.1. The summed E-state index contributed by atoms with van der Waals surface area (Å²) in [6.07, 6.45) is 5.65. The molecule has 0 amide bonds. The van der Waals surface area contributed by atoms with E-state index in [4.69, 9.17) is 18.9 Å². The first-order chi connectivity index (χ1) is 18.1. The predicted molar refractivity (Wildman–Crippen MR) is 149 cm³/mol. The number of benzene rings is 2. The summed E-state index contributed by atoms with van der Waals surface area (Å²) in [6, 6.07) is 9.61. The van der Waals surface area contributed by atoms with Crippen LogP contribution in [-0.2, 0) is 12.8 Å². The summed E-state index contributed by atoms with van der Waals surface area (Å²) in [5.74, 6) is 4.69. The fraction of sp³-hybridized carbons (Fsp3) is 0.613. The topological polar surface area (TPSA) is 52.2 Å². The predicted octanol–water partition coefficient (Wildman–Crippen LogP) is 5.97. The Kier molecular flexibility index (Phi) is 9.25. The molecule has 4 atom stereocenters. The largest absolute Gasteiger partial charge is 0.493 e. The van der Waals surface area contributed by atoms with Crippen LogP contribution in [-0.4, -0.2) is 53.0 Å². The molecule has 0 saturated carbocycles. The maximum atomic E-state index is 5.68. The van der Waals surface area contributed by atoms with Gasteiger partial charge in [0.2, 0.25) is 0 Å². The second-order valence-corrected chi connectivity index (χ2v) is 10.2. The Morgan fingerprint density at radius 2 is 1.35 bits per heavy atom. The zero-order valence-corrected chi connectivity index (χ0v) is 23.9. The molecule has 1 saturated heterocycles. The number of piperidine rings is 1. The second kappa shape index (κ2) is 12.4.